The van der Waals surface area contributed by atoms with Gasteiger partial charge in [0.25, 0.3) is 0 Å². The Morgan fingerprint density at radius 1 is 1.07 bits per heavy atom. The number of hydrogen-bond acceptors (Lipinski definition) is 3. The molecule has 8 heteroatoms. The zero-order valence-electron chi connectivity index (χ0n) is 15.8. The Morgan fingerprint density at radius 2 is 1.83 bits per heavy atom. The molecule has 0 saturated carbocycles. The first kappa shape index (κ1) is 19.0. The van der Waals surface area contributed by atoms with E-state index in [-0.39, 0.29) is 11.7 Å². The van der Waals surface area contributed by atoms with Crippen molar-refractivity contribution in [1.29, 1.82) is 0 Å². The van der Waals surface area contributed by atoms with Crippen molar-refractivity contribution in [2.75, 3.05) is 11.9 Å². The average Bonchev–Trinajstić information content (AvgIpc) is 3.08. The summed E-state index contributed by atoms with van der Waals surface area (Å²) >= 11 is 0. The quantitative estimate of drug-likeness (QED) is 0.703. The summed E-state index contributed by atoms with van der Waals surface area (Å²) in [6.07, 6.45) is 0.408. The number of hydrogen-bond donors (Lipinski definition) is 1. The highest BCUT2D eigenvalue weighted by molar-refractivity contribution is 5.78. The fourth-order valence-electron chi connectivity index (χ4n) is 3.41. The molecule has 1 aliphatic rings. The maximum atomic E-state index is 13.7. The third kappa shape index (κ3) is 3.70. The fourth-order valence-corrected chi connectivity index (χ4v) is 3.41. The van der Waals surface area contributed by atoms with E-state index >= 15 is 0 Å². The lowest BCUT2D eigenvalue weighted by Gasteiger charge is -2.28. The molecule has 2 heterocycles. The second-order valence-corrected chi connectivity index (χ2v) is 6.81. The molecule has 150 valence electrons. The van der Waals surface area contributed by atoms with Gasteiger partial charge in [0.2, 0.25) is 5.91 Å². The van der Waals surface area contributed by atoms with E-state index in [1.807, 2.05) is 11.5 Å². The fraction of sp³-hybridized carbons (Fsp3) is 0.238. The van der Waals surface area contributed by atoms with Crippen molar-refractivity contribution < 1.29 is 18.0 Å². The molecule has 1 amide bonds. The Balaban J connectivity index is 1.77. The van der Waals surface area contributed by atoms with E-state index in [1.54, 1.807) is 17.0 Å². The number of halogens is 3. The van der Waals surface area contributed by atoms with Crippen LogP contribution < -0.4 is 5.32 Å². The van der Waals surface area contributed by atoms with Gasteiger partial charge in [0.1, 0.15) is 23.2 Å². The molecule has 0 atom stereocenters. The number of fused-ring (bicyclic) bond motifs is 1. The topological polar surface area (TPSA) is 50.2 Å². The SMILES string of the molecule is CCC(=O)N1CCn2c(nc(-c3ccc(F)cc3)c2Nc2ccc(F)c(F)c2)C1. The van der Waals surface area contributed by atoms with Gasteiger partial charge in [0, 0.05) is 36.8 Å². The van der Waals surface area contributed by atoms with Crippen molar-refractivity contribution in [2.24, 2.45) is 0 Å². The minimum absolute atomic E-state index is 0.0395. The van der Waals surface area contributed by atoms with E-state index in [1.165, 1.54) is 18.2 Å². The molecule has 1 N–H and O–H groups in total. The van der Waals surface area contributed by atoms with Crippen LogP contribution in [0.25, 0.3) is 11.3 Å². The molecule has 0 radical (unpaired) electrons. The molecule has 5 nitrogen and oxygen atoms in total. The number of carbonyl (C=O) groups is 1. The first-order valence-corrected chi connectivity index (χ1v) is 9.31. The smallest absolute Gasteiger partial charge is 0.222 e. The molecular weight excluding hydrogens is 381 g/mol. The maximum absolute atomic E-state index is 13.7. The molecule has 2 aromatic carbocycles. The zero-order valence-corrected chi connectivity index (χ0v) is 15.8. The van der Waals surface area contributed by atoms with Crippen LogP contribution in [0.3, 0.4) is 0 Å². The Kier molecular flexibility index (Phi) is 5.00. The molecule has 0 aliphatic carbocycles. The number of amides is 1. The Hall–Kier alpha value is -3.29. The van der Waals surface area contributed by atoms with Gasteiger partial charge in [-0.05, 0) is 36.4 Å². The molecule has 29 heavy (non-hydrogen) atoms. The van der Waals surface area contributed by atoms with Crippen LogP contribution in [-0.4, -0.2) is 26.9 Å². The van der Waals surface area contributed by atoms with Crippen LogP contribution in [0.2, 0.25) is 0 Å². The van der Waals surface area contributed by atoms with Crippen molar-refractivity contribution in [3.05, 3.63) is 65.7 Å². The summed E-state index contributed by atoms with van der Waals surface area (Å²) in [7, 11) is 0. The molecule has 0 fully saturated rings. The molecule has 1 aliphatic heterocycles. The zero-order chi connectivity index (χ0) is 20.5. The summed E-state index contributed by atoms with van der Waals surface area (Å²) in [4.78, 5) is 18.5. The lowest BCUT2D eigenvalue weighted by atomic mass is 10.1. The highest BCUT2D eigenvalue weighted by atomic mass is 19.2. The van der Waals surface area contributed by atoms with Gasteiger partial charge >= 0.3 is 0 Å². The monoisotopic (exact) mass is 400 g/mol. The number of benzene rings is 2. The Bertz CT molecular complexity index is 1060. The van der Waals surface area contributed by atoms with Crippen LogP contribution in [0, 0.1) is 17.5 Å². The second kappa shape index (κ2) is 7.62. The van der Waals surface area contributed by atoms with Gasteiger partial charge in [-0.25, -0.2) is 18.2 Å². The van der Waals surface area contributed by atoms with E-state index in [4.69, 9.17) is 0 Å². The van der Waals surface area contributed by atoms with E-state index in [2.05, 4.69) is 10.3 Å². The summed E-state index contributed by atoms with van der Waals surface area (Å²) < 4.78 is 42.3. The van der Waals surface area contributed by atoms with Crippen LogP contribution in [-0.2, 0) is 17.9 Å². The van der Waals surface area contributed by atoms with Crippen LogP contribution in [0.15, 0.2) is 42.5 Å². The lowest BCUT2D eigenvalue weighted by molar-refractivity contribution is -0.132. The highest BCUT2D eigenvalue weighted by Crippen LogP contribution is 2.33. The van der Waals surface area contributed by atoms with Crippen molar-refractivity contribution in [1.82, 2.24) is 14.5 Å². The lowest BCUT2D eigenvalue weighted by Crippen LogP contribution is -2.38. The Morgan fingerprint density at radius 3 is 2.52 bits per heavy atom. The van der Waals surface area contributed by atoms with Gasteiger partial charge in [-0.1, -0.05) is 6.92 Å². The first-order chi connectivity index (χ1) is 14.0. The number of rotatable bonds is 4. The van der Waals surface area contributed by atoms with Crippen LogP contribution >= 0.6 is 0 Å². The van der Waals surface area contributed by atoms with E-state index in [0.29, 0.717) is 54.6 Å². The van der Waals surface area contributed by atoms with E-state index < -0.39 is 11.6 Å². The summed E-state index contributed by atoms with van der Waals surface area (Å²) in [6, 6.07) is 9.43. The normalized spacial score (nSPS) is 13.3. The number of aromatic nitrogens is 2. The molecule has 0 saturated heterocycles. The molecule has 0 bridgehead atoms. The predicted octanol–water partition coefficient (Wildman–Crippen LogP) is 4.46. The van der Waals surface area contributed by atoms with Crippen LogP contribution in [0.1, 0.15) is 19.2 Å². The van der Waals surface area contributed by atoms with Gasteiger partial charge in [-0.2, -0.15) is 0 Å². The van der Waals surface area contributed by atoms with Crippen molar-refractivity contribution in [2.45, 2.75) is 26.4 Å². The van der Waals surface area contributed by atoms with Crippen molar-refractivity contribution in [3.8, 4) is 11.3 Å². The largest absolute Gasteiger partial charge is 0.340 e. The number of imidazole rings is 1. The second-order valence-electron chi connectivity index (χ2n) is 6.81. The van der Waals surface area contributed by atoms with Crippen molar-refractivity contribution in [3.63, 3.8) is 0 Å². The van der Waals surface area contributed by atoms with Crippen LogP contribution in [0.4, 0.5) is 24.7 Å². The number of anilines is 2. The van der Waals surface area contributed by atoms with Gasteiger partial charge in [-0.3, -0.25) is 4.79 Å². The number of carbonyl (C=O) groups excluding carboxylic acids is 1. The summed E-state index contributed by atoms with van der Waals surface area (Å²) in [6.45, 7) is 3.18. The Labute approximate surface area is 165 Å². The number of nitrogens with zero attached hydrogens (tertiary/aromatic N) is 3. The molecule has 0 unspecified atom stereocenters. The highest BCUT2D eigenvalue weighted by Gasteiger charge is 2.26. The molecule has 3 aromatic rings. The summed E-state index contributed by atoms with van der Waals surface area (Å²) in [5.74, 6) is -0.969. The van der Waals surface area contributed by atoms with E-state index in [0.717, 1.165) is 12.1 Å². The molecule has 0 spiro atoms. The standard InChI is InChI=1S/C21H19F3N4O/c1-2-19(29)27-9-10-28-18(12-27)26-20(13-3-5-14(22)6-4-13)21(28)25-15-7-8-16(23)17(24)11-15/h3-8,11,25H,2,9-10,12H2,1H3. The summed E-state index contributed by atoms with van der Waals surface area (Å²) in [5, 5.41) is 3.12. The third-order valence-electron chi connectivity index (χ3n) is 4.93. The summed E-state index contributed by atoms with van der Waals surface area (Å²) in [5.41, 5.74) is 1.59. The number of nitrogens with one attached hydrogen (secondary N) is 1. The molecule has 1 aromatic heterocycles. The van der Waals surface area contributed by atoms with Crippen LogP contribution in [0.5, 0.6) is 0 Å². The third-order valence-corrected chi connectivity index (χ3v) is 4.93. The average molecular weight is 400 g/mol. The van der Waals surface area contributed by atoms with E-state index in [9.17, 15) is 18.0 Å². The van der Waals surface area contributed by atoms with Gasteiger partial charge in [0.05, 0.1) is 6.54 Å². The van der Waals surface area contributed by atoms with Gasteiger partial charge < -0.3 is 14.8 Å². The van der Waals surface area contributed by atoms with Gasteiger partial charge in [-0.15, -0.1) is 0 Å². The minimum Gasteiger partial charge on any atom is -0.340 e. The minimum atomic E-state index is -0.962. The molecular formula is C21H19F3N4O. The van der Waals surface area contributed by atoms with Gasteiger partial charge in [0.15, 0.2) is 11.6 Å². The van der Waals surface area contributed by atoms with Crippen molar-refractivity contribution >= 4 is 17.4 Å². The first-order valence-electron chi connectivity index (χ1n) is 9.31. The predicted molar refractivity (Wildman–Crippen MR) is 103 cm³/mol. The molecule has 4 rings (SSSR count). The maximum Gasteiger partial charge on any atom is 0.222 e.